The number of nitriles is 1. The van der Waals surface area contributed by atoms with Crippen LogP contribution in [0.2, 0.25) is 0 Å². The van der Waals surface area contributed by atoms with E-state index in [-0.39, 0.29) is 12.2 Å². The van der Waals surface area contributed by atoms with Crippen LogP contribution in [0.4, 0.5) is 0 Å². The van der Waals surface area contributed by atoms with Crippen molar-refractivity contribution >= 4 is 17.6 Å². The fraction of sp³-hybridized carbons (Fsp3) is 0.421. The van der Waals surface area contributed by atoms with Gasteiger partial charge < -0.3 is 4.90 Å². The van der Waals surface area contributed by atoms with E-state index in [9.17, 15) is 10.1 Å². The quantitative estimate of drug-likeness (QED) is 0.843. The van der Waals surface area contributed by atoms with Gasteiger partial charge in [0, 0.05) is 31.3 Å². The van der Waals surface area contributed by atoms with E-state index < -0.39 is 0 Å². The lowest BCUT2D eigenvalue weighted by molar-refractivity contribution is -0.114. The summed E-state index contributed by atoms with van der Waals surface area (Å²) in [5.41, 5.74) is 4.38. The van der Waals surface area contributed by atoms with E-state index in [0.717, 1.165) is 48.4 Å². The predicted octanol–water partition coefficient (Wildman–Crippen LogP) is 2.96. The molecule has 1 aromatic rings. The predicted molar refractivity (Wildman–Crippen MR) is 88.0 cm³/mol. The molecule has 0 N–H and O–H groups in total. The lowest BCUT2D eigenvalue weighted by atomic mass is 9.86. The van der Waals surface area contributed by atoms with E-state index in [2.05, 4.69) is 22.5 Å². The largest absolute Gasteiger partial charge is 0.370 e. The number of nitrogens with zero attached hydrogens (tertiary/aromatic N) is 3. The maximum atomic E-state index is 12.4. The van der Waals surface area contributed by atoms with Gasteiger partial charge in [0.15, 0.2) is 5.78 Å². The minimum Gasteiger partial charge on any atom is -0.370 e. The Labute approximate surface area is 136 Å². The first-order valence-electron chi connectivity index (χ1n) is 8.20. The van der Waals surface area contributed by atoms with Crippen molar-refractivity contribution in [3.63, 3.8) is 0 Å². The molecule has 4 rings (SSSR count). The zero-order valence-corrected chi connectivity index (χ0v) is 13.1. The third-order valence-electron chi connectivity index (χ3n) is 5.55. The number of hydrogen-bond acceptors (Lipinski definition) is 4. The van der Waals surface area contributed by atoms with Gasteiger partial charge in [0.25, 0.3) is 0 Å². The summed E-state index contributed by atoms with van der Waals surface area (Å²) in [6.07, 6.45) is 8.73. The van der Waals surface area contributed by atoms with Crippen molar-refractivity contribution in [2.75, 3.05) is 13.1 Å². The first kappa shape index (κ1) is 14.2. The van der Waals surface area contributed by atoms with E-state index in [4.69, 9.17) is 0 Å². The number of carbonyl (C=O) groups is 1. The minimum absolute atomic E-state index is 0.0881. The molecule has 2 fully saturated rings. The summed E-state index contributed by atoms with van der Waals surface area (Å²) >= 11 is 0. The molecule has 1 spiro atoms. The van der Waals surface area contributed by atoms with Crippen LogP contribution >= 0.6 is 0 Å². The number of hydrogen-bond donors (Lipinski definition) is 0. The second kappa shape index (κ2) is 5.06. The second-order valence-electron chi connectivity index (χ2n) is 6.89. The highest BCUT2D eigenvalue weighted by Crippen LogP contribution is 2.54. The summed E-state index contributed by atoms with van der Waals surface area (Å²) < 4.78 is 0. The van der Waals surface area contributed by atoms with E-state index in [1.807, 2.05) is 6.07 Å². The Kier molecular flexibility index (Phi) is 3.12. The van der Waals surface area contributed by atoms with Gasteiger partial charge in [0.1, 0.15) is 11.6 Å². The Balaban J connectivity index is 1.79. The van der Waals surface area contributed by atoms with Crippen LogP contribution in [0.5, 0.6) is 0 Å². The smallest absolute Gasteiger partial charge is 0.179 e. The number of aromatic nitrogens is 1. The second-order valence-corrected chi connectivity index (χ2v) is 6.89. The van der Waals surface area contributed by atoms with E-state index in [0.29, 0.717) is 11.0 Å². The maximum Gasteiger partial charge on any atom is 0.179 e. The van der Waals surface area contributed by atoms with Crippen LogP contribution in [-0.2, 0) is 11.2 Å². The number of piperidine rings is 1. The van der Waals surface area contributed by atoms with Crippen molar-refractivity contribution in [3.8, 4) is 6.07 Å². The molecule has 0 amide bonds. The Morgan fingerprint density at radius 1 is 1.30 bits per heavy atom. The average molecular weight is 305 g/mol. The molecule has 1 saturated carbocycles. The standard InChI is InChI=1S/C19H19N3O/c1-2-14-10-15-13(12-21-14)9-17(23)16(11-20)18(15)22-7-5-19(3-4-19)6-8-22/h2,10,12H,1,3-9H2. The number of carbonyl (C=O) groups excluding carboxylic acids is 1. The van der Waals surface area contributed by atoms with Gasteiger partial charge in [-0.25, -0.2) is 0 Å². The fourth-order valence-electron chi connectivity index (χ4n) is 3.83. The van der Waals surface area contributed by atoms with Crippen molar-refractivity contribution in [2.45, 2.75) is 32.1 Å². The summed E-state index contributed by atoms with van der Waals surface area (Å²) in [7, 11) is 0. The minimum atomic E-state index is -0.0881. The van der Waals surface area contributed by atoms with Crippen molar-refractivity contribution < 1.29 is 4.79 Å². The van der Waals surface area contributed by atoms with E-state index in [1.54, 1.807) is 12.3 Å². The maximum absolute atomic E-state index is 12.4. The molecule has 0 unspecified atom stereocenters. The van der Waals surface area contributed by atoms with E-state index in [1.165, 1.54) is 12.8 Å². The molecule has 4 nitrogen and oxygen atoms in total. The van der Waals surface area contributed by atoms with E-state index >= 15 is 0 Å². The highest BCUT2D eigenvalue weighted by atomic mass is 16.1. The number of fused-ring (bicyclic) bond motifs is 1. The number of likely N-dealkylation sites (tertiary alicyclic amines) is 1. The SMILES string of the molecule is C=Cc1cc2c(cn1)CC(=O)C(C#N)=C2N1CCC2(CC1)CC2. The van der Waals surface area contributed by atoms with Gasteiger partial charge in [0.2, 0.25) is 0 Å². The Morgan fingerprint density at radius 3 is 2.65 bits per heavy atom. The highest BCUT2D eigenvalue weighted by Gasteiger charge is 2.45. The summed E-state index contributed by atoms with van der Waals surface area (Å²) in [6.45, 7) is 5.63. The van der Waals surface area contributed by atoms with Crippen molar-refractivity contribution in [2.24, 2.45) is 5.41 Å². The summed E-state index contributed by atoms with van der Waals surface area (Å²) in [6, 6.07) is 4.12. The van der Waals surface area contributed by atoms with Crippen LogP contribution < -0.4 is 0 Å². The van der Waals surface area contributed by atoms with Gasteiger partial charge >= 0.3 is 0 Å². The zero-order valence-electron chi connectivity index (χ0n) is 13.1. The Hall–Kier alpha value is -2.41. The number of Topliss-reactive ketones (excluding diaryl/α,β-unsaturated/α-hetero) is 1. The topological polar surface area (TPSA) is 57.0 Å². The summed E-state index contributed by atoms with van der Waals surface area (Å²) in [5, 5.41) is 9.54. The molecular weight excluding hydrogens is 286 g/mol. The molecule has 0 bridgehead atoms. The first-order valence-corrected chi connectivity index (χ1v) is 8.20. The monoisotopic (exact) mass is 305 g/mol. The molecule has 3 aliphatic rings. The molecule has 23 heavy (non-hydrogen) atoms. The fourth-order valence-corrected chi connectivity index (χ4v) is 3.83. The van der Waals surface area contributed by atoms with Gasteiger partial charge in [-0.3, -0.25) is 9.78 Å². The van der Waals surface area contributed by atoms with Crippen LogP contribution in [0.15, 0.2) is 24.4 Å². The summed E-state index contributed by atoms with van der Waals surface area (Å²) in [4.78, 5) is 18.9. The normalized spacial score (nSPS) is 21.9. The van der Waals surface area contributed by atoms with Crippen LogP contribution in [0.1, 0.15) is 42.5 Å². The van der Waals surface area contributed by atoms with Gasteiger partial charge in [-0.1, -0.05) is 6.58 Å². The molecule has 1 saturated heterocycles. The molecule has 1 aliphatic heterocycles. The number of pyridine rings is 1. The van der Waals surface area contributed by atoms with Gasteiger partial charge in [0.05, 0.1) is 11.4 Å². The molecular formula is C19H19N3O. The lowest BCUT2D eigenvalue weighted by Crippen LogP contribution is -2.36. The van der Waals surface area contributed by atoms with Crippen molar-refractivity contribution in [1.82, 2.24) is 9.88 Å². The first-order chi connectivity index (χ1) is 11.2. The molecule has 0 radical (unpaired) electrons. The van der Waals surface area contributed by atoms with Gasteiger partial charge in [-0.15, -0.1) is 0 Å². The highest BCUT2D eigenvalue weighted by molar-refractivity contribution is 6.09. The van der Waals surface area contributed by atoms with Crippen molar-refractivity contribution in [3.05, 3.63) is 41.2 Å². The summed E-state index contributed by atoms with van der Waals surface area (Å²) in [5.74, 6) is -0.0881. The number of allylic oxidation sites excluding steroid dienone is 1. The third kappa shape index (κ3) is 2.28. The molecule has 0 aromatic carbocycles. The molecule has 0 atom stereocenters. The van der Waals surface area contributed by atoms with Gasteiger partial charge in [-0.2, -0.15) is 5.26 Å². The zero-order chi connectivity index (χ0) is 16.0. The van der Waals surface area contributed by atoms with Crippen molar-refractivity contribution in [1.29, 1.82) is 5.26 Å². The lowest BCUT2D eigenvalue weighted by Gasteiger charge is -2.37. The van der Waals surface area contributed by atoms with Crippen LogP contribution in [0.25, 0.3) is 11.8 Å². The molecule has 2 aliphatic carbocycles. The molecule has 4 heteroatoms. The third-order valence-corrected chi connectivity index (χ3v) is 5.55. The molecule has 1 aromatic heterocycles. The average Bonchev–Trinajstić information content (AvgIpc) is 3.33. The van der Waals surface area contributed by atoms with Crippen LogP contribution in [0, 0.1) is 16.7 Å². The van der Waals surface area contributed by atoms with Gasteiger partial charge in [-0.05, 0) is 48.8 Å². The molecule has 116 valence electrons. The molecule has 2 heterocycles. The Bertz CT molecular complexity index is 770. The Morgan fingerprint density at radius 2 is 2.04 bits per heavy atom. The number of rotatable bonds is 2. The van der Waals surface area contributed by atoms with Crippen LogP contribution in [0.3, 0.4) is 0 Å². The number of ketones is 1. The van der Waals surface area contributed by atoms with Crippen LogP contribution in [-0.4, -0.2) is 28.8 Å².